The maximum Gasteiger partial charge on any atom is 0.326 e. The number of aromatic nitrogens is 3. The second-order valence-electron chi connectivity index (χ2n) is 9.75. The van der Waals surface area contributed by atoms with Gasteiger partial charge >= 0.3 is 6.03 Å². The van der Waals surface area contributed by atoms with Crippen LogP contribution in [0, 0.1) is 6.92 Å². The number of hydrogen-bond acceptors (Lipinski definition) is 7. The van der Waals surface area contributed by atoms with Crippen LogP contribution in [0.1, 0.15) is 55.6 Å². The molecule has 1 aliphatic rings. The molecule has 1 aliphatic heterocycles. The summed E-state index contributed by atoms with van der Waals surface area (Å²) >= 11 is 0. The molecule has 1 saturated heterocycles. The van der Waals surface area contributed by atoms with E-state index in [1.54, 1.807) is 28.9 Å². The molecule has 2 aromatic heterocycles. The molecule has 0 saturated carbocycles. The molecule has 3 heterocycles. The van der Waals surface area contributed by atoms with Gasteiger partial charge in [-0.2, -0.15) is 5.10 Å². The van der Waals surface area contributed by atoms with Crippen LogP contribution in [0.5, 0.6) is 5.75 Å². The van der Waals surface area contributed by atoms with Gasteiger partial charge < -0.3 is 20.3 Å². The van der Waals surface area contributed by atoms with Gasteiger partial charge in [0.1, 0.15) is 11.6 Å². The number of pyridine rings is 1. The minimum Gasteiger partial charge on any atom is -0.491 e. The highest BCUT2D eigenvalue weighted by molar-refractivity contribution is 6.11. The molecular weight excluding hydrogens is 470 g/mol. The van der Waals surface area contributed by atoms with E-state index in [1.165, 1.54) is 19.3 Å². The number of likely N-dealkylation sites (tertiary alicyclic amines) is 1. The number of benzene rings is 1. The number of piperidine rings is 1. The van der Waals surface area contributed by atoms with Gasteiger partial charge in [0.05, 0.1) is 17.4 Å². The Bertz CT molecular complexity index is 1250. The van der Waals surface area contributed by atoms with Gasteiger partial charge in [0, 0.05) is 30.7 Å². The molecule has 4 rings (SSSR count). The van der Waals surface area contributed by atoms with Crippen molar-refractivity contribution in [3.63, 3.8) is 0 Å². The summed E-state index contributed by atoms with van der Waals surface area (Å²) in [6.07, 6.45) is 4.77. The maximum absolute atomic E-state index is 13.2. The molecule has 0 bridgehead atoms. The number of carbonyl (C=O) groups is 2. The number of imide groups is 1. The van der Waals surface area contributed by atoms with Crippen LogP contribution in [-0.2, 0) is 7.05 Å². The summed E-state index contributed by atoms with van der Waals surface area (Å²) in [6.45, 7) is 9.70. The lowest BCUT2D eigenvalue weighted by molar-refractivity contribution is 0.0967. The third-order valence-electron chi connectivity index (χ3n) is 6.33. The van der Waals surface area contributed by atoms with E-state index >= 15 is 0 Å². The fourth-order valence-corrected chi connectivity index (χ4v) is 4.60. The Hall–Kier alpha value is -3.66. The predicted molar refractivity (Wildman–Crippen MR) is 145 cm³/mol. The Balaban J connectivity index is 1.45. The number of anilines is 2. The molecule has 3 aromatic rings. The third-order valence-corrected chi connectivity index (χ3v) is 6.33. The van der Waals surface area contributed by atoms with Crippen molar-refractivity contribution in [1.82, 2.24) is 25.0 Å². The number of fused-ring (bicyclic) bond motifs is 1. The first-order chi connectivity index (χ1) is 17.8. The number of hydrogen-bond donors (Lipinski definition) is 3. The van der Waals surface area contributed by atoms with Crippen LogP contribution >= 0.6 is 0 Å². The standard InChI is InChI=1S/C27H37N7O3/c1-18(2)37-21-11-8-10-20(16-21)29-27(36)31-26(35)23-17-22-19(3)32-33(4)25(22)30-24(23)28-12-9-15-34-13-6-5-7-14-34/h8,10-11,16-18H,5-7,9,12-15H2,1-4H3,(H,28,30)(H2,29,31,35,36). The molecule has 10 nitrogen and oxygen atoms in total. The van der Waals surface area contributed by atoms with E-state index in [1.807, 2.05) is 33.9 Å². The first kappa shape index (κ1) is 26.4. The lowest BCUT2D eigenvalue weighted by atomic mass is 10.1. The summed E-state index contributed by atoms with van der Waals surface area (Å²) in [5.41, 5.74) is 2.27. The second-order valence-corrected chi connectivity index (χ2v) is 9.75. The van der Waals surface area contributed by atoms with Crippen molar-refractivity contribution in [1.29, 1.82) is 0 Å². The second kappa shape index (κ2) is 12.1. The molecule has 198 valence electrons. The highest BCUT2D eigenvalue weighted by atomic mass is 16.5. The fraction of sp³-hybridized carbons (Fsp3) is 0.481. The molecular formula is C27H37N7O3. The number of nitrogens with zero attached hydrogens (tertiary/aromatic N) is 4. The van der Waals surface area contributed by atoms with E-state index in [0.717, 1.165) is 37.1 Å². The summed E-state index contributed by atoms with van der Waals surface area (Å²) in [6, 6.07) is 8.16. The van der Waals surface area contributed by atoms with Gasteiger partial charge in [0.15, 0.2) is 5.65 Å². The van der Waals surface area contributed by atoms with Gasteiger partial charge in [-0.05, 0) is 77.9 Å². The molecule has 0 atom stereocenters. The lowest BCUT2D eigenvalue weighted by Crippen LogP contribution is -2.35. The van der Waals surface area contributed by atoms with Crippen molar-refractivity contribution in [2.24, 2.45) is 7.05 Å². The van der Waals surface area contributed by atoms with Crippen LogP contribution in [0.4, 0.5) is 16.3 Å². The first-order valence-electron chi connectivity index (χ1n) is 13.0. The predicted octanol–water partition coefficient (Wildman–Crippen LogP) is 4.31. The number of urea groups is 1. The maximum atomic E-state index is 13.2. The Kier molecular flexibility index (Phi) is 8.60. The zero-order valence-electron chi connectivity index (χ0n) is 22.1. The van der Waals surface area contributed by atoms with Gasteiger partial charge in [-0.3, -0.25) is 14.8 Å². The Morgan fingerprint density at radius 1 is 1.14 bits per heavy atom. The lowest BCUT2D eigenvalue weighted by Gasteiger charge is -2.26. The highest BCUT2D eigenvalue weighted by Gasteiger charge is 2.20. The van der Waals surface area contributed by atoms with Crippen LogP contribution in [0.25, 0.3) is 11.0 Å². The normalized spacial score (nSPS) is 14.1. The molecule has 1 fully saturated rings. The van der Waals surface area contributed by atoms with E-state index in [2.05, 4.69) is 25.9 Å². The Morgan fingerprint density at radius 2 is 1.92 bits per heavy atom. The first-order valence-corrected chi connectivity index (χ1v) is 13.0. The Labute approximate surface area is 217 Å². The zero-order valence-corrected chi connectivity index (χ0v) is 22.1. The SMILES string of the molecule is Cc1nn(C)c2nc(NCCCN3CCCCC3)c(C(=O)NC(=O)Nc3cccc(OC(C)C)c3)cc12. The van der Waals surface area contributed by atoms with Crippen LogP contribution in [0.3, 0.4) is 0 Å². The van der Waals surface area contributed by atoms with Crippen molar-refractivity contribution < 1.29 is 14.3 Å². The summed E-state index contributed by atoms with van der Waals surface area (Å²) in [4.78, 5) is 33.0. The quantitative estimate of drug-likeness (QED) is 0.370. The topological polar surface area (TPSA) is 113 Å². The molecule has 0 unspecified atom stereocenters. The van der Waals surface area contributed by atoms with Crippen molar-refractivity contribution in [2.45, 2.75) is 52.6 Å². The van der Waals surface area contributed by atoms with Gasteiger partial charge in [0.2, 0.25) is 0 Å². The molecule has 1 aromatic carbocycles. The molecule has 10 heteroatoms. The van der Waals surface area contributed by atoms with Crippen LogP contribution < -0.4 is 20.7 Å². The van der Waals surface area contributed by atoms with Crippen LogP contribution in [0.15, 0.2) is 30.3 Å². The number of rotatable bonds is 9. The molecule has 37 heavy (non-hydrogen) atoms. The number of ether oxygens (including phenoxy) is 1. The minimum absolute atomic E-state index is 0.00905. The van der Waals surface area contributed by atoms with Crippen molar-refractivity contribution >= 4 is 34.5 Å². The van der Waals surface area contributed by atoms with Crippen molar-refractivity contribution in [3.05, 3.63) is 41.6 Å². The van der Waals surface area contributed by atoms with Crippen molar-refractivity contribution in [2.75, 3.05) is 36.8 Å². The zero-order chi connectivity index (χ0) is 26.4. The average molecular weight is 508 g/mol. The summed E-state index contributed by atoms with van der Waals surface area (Å²) < 4.78 is 7.37. The monoisotopic (exact) mass is 507 g/mol. The summed E-state index contributed by atoms with van der Waals surface area (Å²) in [5, 5.41) is 13.7. The van der Waals surface area contributed by atoms with E-state index in [9.17, 15) is 9.59 Å². The van der Waals surface area contributed by atoms with Gasteiger partial charge in [0.25, 0.3) is 5.91 Å². The van der Waals surface area contributed by atoms with Crippen LogP contribution in [-0.4, -0.2) is 63.9 Å². The largest absolute Gasteiger partial charge is 0.491 e. The van der Waals surface area contributed by atoms with E-state index in [-0.39, 0.29) is 6.10 Å². The smallest absolute Gasteiger partial charge is 0.326 e. The van der Waals surface area contributed by atoms with Crippen LogP contribution in [0.2, 0.25) is 0 Å². The van der Waals surface area contributed by atoms with Gasteiger partial charge in [-0.25, -0.2) is 9.78 Å². The van der Waals surface area contributed by atoms with E-state index in [4.69, 9.17) is 9.72 Å². The molecule has 0 aliphatic carbocycles. The number of nitrogens with one attached hydrogen (secondary N) is 3. The average Bonchev–Trinajstić information content (AvgIpc) is 3.14. The molecule has 3 N–H and O–H groups in total. The Morgan fingerprint density at radius 3 is 2.68 bits per heavy atom. The van der Waals surface area contributed by atoms with E-state index < -0.39 is 11.9 Å². The fourth-order valence-electron chi connectivity index (χ4n) is 4.60. The van der Waals surface area contributed by atoms with Gasteiger partial charge in [-0.1, -0.05) is 12.5 Å². The summed E-state index contributed by atoms with van der Waals surface area (Å²) in [5.74, 6) is 0.534. The summed E-state index contributed by atoms with van der Waals surface area (Å²) in [7, 11) is 1.83. The van der Waals surface area contributed by atoms with Crippen molar-refractivity contribution in [3.8, 4) is 5.75 Å². The minimum atomic E-state index is -0.634. The number of carbonyl (C=O) groups excluding carboxylic acids is 2. The van der Waals surface area contributed by atoms with E-state index in [0.29, 0.717) is 35.0 Å². The van der Waals surface area contributed by atoms with Gasteiger partial charge in [-0.15, -0.1) is 0 Å². The highest BCUT2D eigenvalue weighted by Crippen LogP contribution is 2.23. The third kappa shape index (κ3) is 6.97. The number of aryl methyl sites for hydroxylation is 2. The molecule has 3 amide bonds. The number of amides is 3. The molecule has 0 spiro atoms. The molecule has 0 radical (unpaired) electrons.